The van der Waals surface area contributed by atoms with Crippen LogP contribution in [0.1, 0.15) is 19.3 Å². The maximum atomic E-state index is 9.12. The predicted octanol–water partition coefficient (Wildman–Crippen LogP) is 0.480. The quantitative estimate of drug-likeness (QED) is 0.691. The molecule has 1 aliphatic carbocycles. The van der Waals surface area contributed by atoms with Crippen LogP contribution in [0.4, 0.5) is 0 Å². The van der Waals surface area contributed by atoms with E-state index in [1.54, 1.807) is 0 Å². The zero-order valence-corrected chi connectivity index (χ0v) is 8.11. The normalized spacial score (nSPS) is 30.7. The zero-order chi connectivity index (χ0) is 9.10. The molecule has 1 unspecified atom stereocenters. The maximum absolute atomic E-state index is 9.12. The second-order valence-corrected chi connectivity index (χ2v) is 4.18. The van der Waals surface area contributed by atoms with Crippen LogP contribution in [0.15, 0.2) is 0 Å². The molecule has 0 radical (unpaired) electrons. The molecule has 3 heteroatoms. The molecule has 3 nitrogen and oxygen atoms in total. The molecule has 76 valence electrons. The zero-order valence-electron chi connectivity index (χ0n) is 8.11. The van der Waals surface area contributed by atoms with Gasteiger partial charge in [0, 0.05) is 6.54 Å². The highest BCUT2D eigenvalue weighted by atomic mass is 16.5. The van der Waals surface area contributed by atoms with Crippen molar-refractivity contribution in [1.82, 2.24) is 4.90 Å². The number of morpholine rings is 1. The monoisotopic (exact) mass is 185 g/mol. The van der Waals surface area contributed by atoms with E-state index in [9.17, 15) is 0 Å². The van der Waals surface area contributed by atoms with Crippen molar-refractivity contribution < 1.29 is 9.84 Å². The van der Waals surface area contributed by atoms with Gasteiger partial charge in [-0.1, -0.05) is 12.8 Å². The molecule has 1 atom stereocenters. The largest absolute Gasteiger partial charge is 0.395 e. The van der Waals surface area contributed by atoms with Crippen LogP contribution in [0.3, 0.4) is 0 Å². The molecule has 0 aromatic rings. The van der Waals surface area contributed by atoms with Crippen LogP contribution in [0.5, 0.6) is 0 Å². The Hall–Kier alpha value is -0.120. The molecule has 1 N–H and O–H groups in total. The van der Waals surface area contributed by atoms with E-state index >= 15 is 0 Å². The summed E-state index contributed by atoms with van der Waals surface area (Å²) in [4.78, 5) is 2.38. The Morgan fingerprint density at radius 1 is 1.38 bits per heavy atom. The number of hydrogen-bond acceptors (Lipinski definition) is 3. The first-order valence-corrected chi connectivity index (χ1v) is 5.33. The topological polar surface area (TPSA) is 32.7 Å². The average molecular weight is 185 g/mol. The summed E-state index contributed by atoms with van der Waals surface area (Å²) in [5.74, 6) is 0.988. The molecule has 0 amide bonds. The lowest BCUT2D eigenvalue weighted by Crippen LogP contribution is -2.47. The van der Waals surface area contributed by atoms with Crippen molar-refractivity contribution in [1.29, 1.82) is 0 Å². The molecule has 1 aliphatic heterocycles. The minimum atomic E-state index is 0.241. The highest BCUT2D eigenvalue weighted by Crippen LogP contribution is 2.32. The first kappa shape index (κ1) is 9.44. The molecule has 0 bridgehead atoms. The number of rotatable bonds is 4. The van der Waals surface area contributed by atoms with Gasteiger partial charge in [0.25, 0.3) is 0 Å². The Labute approximate surface area is 79.7 Å². The van der Waals surface area contributed by atoms with E-state index < -0.39 is 0 Å². The molecule has 1 heterocycles. The van der Waals surface area contributed by atoms with Crippen molar-refractivity contribution >= 4 is 0 Å². The van der Waals surface area contributed by atoms with E-state index in [2.05, 4.69) is 4.90 Å². The van der Waals surface area contributed by atoms with Crippen LogP contribution in [-0.2, 0) is 4.74 Å². The molecule has 0 spiro atoms. The number of nitrogens with zero attached hydrogens (tertiary/aromatic N) is 1. The Morgan fingerprint density at radius 2 is 2.23 bits per heavy atom. The van der Waals surface area contributed by atoms with Crippen molar-refractivity contribution in [3.63, 3.8) is 0 Å². The molecule has 1 saturated heterocycles. The minimum Gasteiger partial charge on any atom is -0.395 e. The SMILES string of the molecule is OCC1COCCN1CCC1CC1. The highest BCUT2D eigenvalue weighted by Gasteiger charge is 2.26. The van der Waals surface area contributed by atoms with Crippen LogP contribution in [0.2, 0.25) is 0 Å². The first-order valence-electron chi connectivity index (χ1n) is 5.33. The molecular formula is C10H19NO2. The van der Waals surface area contributed by atoms with Crippen molar-refractivity contribution in [3.8, 4) is 0 Å². The van der Waals surface area contributed by atoms with E-state index in [1.807, 2.05) is 0 Å². The van der Waals surface area contributed by atoms with Gasteiger partial charge in [-0.3, -0.25) is 4.90 Å². The fourth-order valence-electron chi connectivity index (χ4n) is 1.91. The summed E-state index contributed by atoms with van der Waals surface area (Å²) < 4.78 is 5.32. The van der Waals surface area contributed by atoms with Gasteiger partial charge < -0.3 is 9.84 Å². The van der Waals surface area contributed by atoms with Crippen molar-refractivity contribution in [2.45, 2.75) is 25.3 Å². The third-order valence-corrected chi connectivity index (χ3v) is 3.08. The Bertz CT molecular complexity index is 159. The summed E-state index contributed by atoms with van der Waals surface area (Å²) in [6, 6.07) is 0.257. The van der Waals surface area contributed by atoms with Gasteiger partial charge in [0.05, 0.1) is 25.9 Å². The molecule has 2 fully saturated rings. The smallest absolute Gasteiger partial charge is 0.0644 e. The molecule has 2 aliphatic rings. The number of hydrogen-bond donors (Lipinski definition) is 1. The van der Waals surface area contributed by atoms with Gasteiger partial charge in [0.2, 0.25) is 0 Å². The fraction of sp³-hybridized carbons (Fsp3) is 1.00. The first-order chi connectivity index (χ1) is 6.40. The molecule has 1 saturated carbocycles. The van der Waals surface area contributed by atoms with E-state index in [0.29, 0.717) is 6.61 Å². The minimum absolute atomic E-state index is 0.241. The summed E-state index contributed by atoms with van der Waals surface area (Å²) in [6.07, 6.45) is 4.17. The third kappa shape index (κ3) is 2.66. The van der Waals surface area contributed by atoms with E-state index in [-0.39, 0.29) is 12.6 Å². The van der Waals surface area contributed by atoms with Gasteiger partial charge in [0.1, 0.15) is 0 Å². The highest BCUT2D eigenvalue weighted by molar-refractivity contribution is 4.79. The second kappa shape index (κ2) is 4.40. The number of aliphatic hydroxyl groups is 1. The van der Waals surface area contributed by atoms with Crippen molar-refractivity contribution in [3.05, 3.63) is 0 Å². The van der Waals surface area contributed by atoms with Crippen LogP contribution in [-0.4, -0.2) is 49.0 Å². The lowest BCUT2D eigenvalue weighted by Gasteiger charge is -2.34. The Kier molecular flexibility index (Phi) is 3.19. The summed E-state index contributed by atoms with van der Waals surface area (Å²) in [7, 11) is 0. The fourth-order valence-corrected chi connectivity index (χ4v) is 1.91. The Morgan fingerprint density at radius 3 is 2.92 bits per heavy atom. The van der Waals surface area contributed by atoms with Crippen LogP contribution in [0, 0.1) is 5.92 Å². The summed E-state index contributed by atoms with van der Waals surface area (Å²) in [5.41, 5.74) is 0. The molecule has 0 aromatic heterocycles. The van der Waals surface area contributed by atoms with E-state index in [4.69, 9.17) is 9.84 Å². The van der Waals surface area contributed by atoms with Crippen molar-refractivity contribution in [2.75, 3.05) is 32.9 Å². The summed E-state index contributed by atoms with van der Waals surface area (Å²) in [6.45, 7) is 3.93. The summed E-state index contributed by atoms with van der Waals surface area (Å²) in [5, 5.41) is 9.12. The average Bonchev–Trinajstić information content (AvgIpc) is 2.99. The van der Waals surface area contributed by atoms with Gasteiger partial charge in [0.15, 0.2) is 0 Å². The molecule has 0 aromatic carbocycles. The number of ether oxygens (including phenoxy) is 1. The van der Waals surface area contributed by atoms with Crippen LogP contribution < -0.4 is 0 Å². The van der Waals surface area contributed by atoms with E-state index in [1.165, 1.54) is 19.3 Å². The van der Waals surface area contributed by atoms with Gasteiger partial charge in [-0.05, 0) is 18.9 Å². The van der Waals surface area contributed by atoms with Crippen LogP contribution >= 0.6 is 0 Å². The Balaban J connectivity index is 1.72. The van der Waals surface area contributed by atoms with Gasteiger partial charge in [-0.15, -0.1) is 0 Å². The summed E-state index contributed by atoms with van der Waals surface area (Å²) >= 11 is 0. The standard InChI is InChI=1S/C10H19NO2/c12-7-10-8-13-6-5-11(10)4-3-9-1-2-9/h9-10,12H,1-8H2. The second-order valence-electron chi connectivity index (χ2n) is 4.18. The number of aliphatic hydroxyl groups excluding tert-OH is 1. The molecule has 2 rings (SSSR count). The maximum Gasteiger partial charge on any atom is 0.0644 e. The van der Waals surface area contributed by atoms with Gasteiger partial charge in [-0.2, -0.15) is 0 Å². The van der Waals surface area contributed by atoms with Gasteiger partial charge >= 0.3 is 0 Å². The predicted molar refractivity (Wildman–Crippen MR) is 50.6 cm³/mol. The van der Waals surface area contributed by atoms with Gasteiger partial charge in [-0.25, -0.2) is 0 Å². The third-order valence-electron chi connectivity index (χ3n) is 3.08. The van der Waals surface area contributed by atoms with Crippen LogP contribution in [0.25, 0.3) is 0 Å². The van der Waals surface area contributed by atoms with Crippen molar-refractivity contribution in [2.24, 2.45) is 5.92 Å². The lowest BCUT2D eigenvalue weighted by atomic mass is 10.2. The van der Waals surface area contributed by atoms with E-state index in [0.717, 1.165) is 25.6 Å². The molecule has 13 heavy (non-hydrogen) atoms. The molecular weight excluding hydrogens is 166 g/mol. The lowest BCUT2D eigenvalue weighted by molar-refractivity contribution is -0.0281.